The largest absolute Gasteiger partial charge is 0.484 e. The minimum Gasteiger partial charge on any atom is -0.484 e. The summed E-state index contributed by atoms with van der Waals surface area (Å²) < 4.78 is 10.5. The summed E-state index contributed by atoms with van der Waals surface area (Å²) in [6, 6.07) is 7.37. The topological polar surface area (TPSA) is 111 Å². The fraction of sp³-hybridized carbons (Fsp3) is 0.350. The van der Waals surface area contributed by atoms with Crippen LogP contribution in [0.3, 0.4) is 0 Å². The van der Waals surface area contributed by atoms with Crippen molar-refractivity contribution in [2.24, 2.45) is 5.73 Å². The smallest absolute Gasteiger partial charge is 0.410 e. The number of thiophene rings is 1. The zero-order valence-electron chi connectivity index (χ0n) is 16.3. The Morgan fingerprint density at radius 3 is 2.79 bits per heavy atom. The third kappa shape index (κ3) is 4.86. The molecule has 0 saturated carbocycles. The van der Waals surface area contributed by atoms with Gasteiger partial charge in [0.2, 0.25) is 0 Å². The first kappa shape index (κ1) is 20.7. The molecule has 0 aliphatic carbocycles. The molecular weight excluding hydrogens is 394 g/mol. The summed E-state index contributed by atoms with van der Waals surface area (Å²) in [7, 11) is 0. The molecule has 2 aromatic rings. The van der Waals surface area contributed by atoms with Gasteiger partial charge in [0.25, 0.3) is 11.8 Å². The number of nitrogens with one attached hydrogen (secondary N) is 1. The summed E-state index contributed by atoms with van der Waals surface area (Å²) >= 11 is 1.24. The van der Waals surface area contributed by atoms with Gasteiger partial charge >= 0.3 is 6.09 Å². The van der Waals surface area contributed by atoms with Gasteiger partial charge in [0.1, 0.15) is 10.8 Å². The molecule has 8 nitrogen and oxygen atoms in total. The van der Waals surface area contributed by atoms with Gasteiger partial charge in [-0.25, -0.2) is 4.79 Å². The monoisotopic (exact) mass is 417 g/mol. The predicted molar refractivity (Wildman–Crippen MR) is 109 cm³/mol. The van der Waals surface area contributed by atoms with Crippen molar-refractivity contribution in [2.75, 3.05) is 25.1 Å². The number of ether oxygens (including phenoxy) is 2. The lowest BCUT2D eigenvalue weighted by molar-refractivity contribution is -0.118. The highest BCUT2D eigenvalue weighted by atomic mass is 32.1. The van der Waals surface area contributed by atoms with Crippen LogP contribution in [0.25, 0.3) is 0 Å². The van der Waals surface area contributed by atoms with Gasteiger partial charge in [0, 0.05) is 11.4 Å². The maximum atomic E-state index is 12.4. The molecule has 1 aromatic heterocycles. The van der Waals surface area contributed by atoms with E-state index in [1.54, 1.807) is 17.9 Å². The Bertz CT molecular complexity index is 940. The van der Waals surface area contributed by atoms with Crippen molar-refractivity contribution in [1.29, 1.82) is 0 Å². The van der Waals surface area contributed by atoms with Crippen molar-refractivity contribution in [1.82, 2.24) is 4.90 Å². The molecule has 0 atom stereocenters. The predicted octanol–water partition coefficient (Wildman–Crippen LogP) is 2.69. The molecule has 1 aliphatic rings. The lowest BCUT2D eigenvalue weighted by Crippen LogP contribution is -2.36. The van der Waals surface area contributed by atoms with E-state index in [2.05, 4.69) is 5.32 Å². The van der Waals surface area contributed by atoms with Crippen LogP contribution in [0.15, 0.2) is 24.3 Å². The number of hydrogen-bond donors (Lipinski definition) is 2. The number of rotatable bonds is 6. The van der Waals surface area contributed by atoms with Crippen LogP contribution in [0, 0.1) is 6.92 Å². The summed E-state index contributed by atoms with van der Waals surface area (Å²) in [5.41, 5.74) is 7.67. The van der Waals surface area contributed by atoms with Gasteiger partial charge in [-0.2, -0.15) is 0 Å². The van der Waals surface area contributed by atoms with E-state index in [4.69, 9.17) is 15.2 Å². The number of hydrogen-bond acceptors (Lipinski definition) is 6. The number of carbonyl (C=O) groups excluding carboxylic acids is 3. The average Bonchev–Trinajstić information content (AvgIpc) is 3.03. The molecule has 0 fully saturated rings. The number of amides is 3. The second kappa shape index (κ2) is 8.95. The fourth-order valence-corrected chi connectivity index (χ4v) is 4.42. The van der Waals surface area contributed by atoms with Gasteiger partial charge in [0.05, 0.1) is 18.7 Å². The highest BCUT2D eigenvalue weighted by Crippen LogP contribution is 2.37. The molecule has 3 amide bonds. The fourth-order valence-electron chi connectivity index (χ4n) is 3.14. The average molecular weight is 417 g/mol. The standard InChI is InChI=1S/C20H23N3O5S/c1-3-27-20(26)23-8-7-14-15(10-23)29-19(17(14)18(21)25)22-16(24)11-28-13-6-4-5-12(2)9-13/h4-6,9H,3,7-8,10-11H2,1-2H3,(H2,21,25)(H,22,24). The molecule has 0 unspecified atom stereocenters. The van der Waals surface area contributed by atoms with Crippen molar-refractivity contribution >= 4 is 34.2 Å². The van der Waals surface area contributed by atoms with Gasteiger partial charge in [-0.1, -0.05) is 12.1 Å². The maximum absolute atomic E-state index is 12.4. The van der Waals surface area contributed by atoms with Gasteiger partial charge in [-0.3, -0.25) is 9.59 Å². The van der Waals surface area contributed by atoms with Crippen molar-refractivity contribution in [3.8, 4) is 5.75 Å². The molecule has 0 bridgehead atoms. The Kier molecular flexibility index (Phi) is 6.38. The van der Waals surface area contributed by atoms with E-state index in [1.165, 1.54) is 11.3 Å². The Morgan fingerprint density at radius 2 is 2.10 bits per heavy atom. The van der Waals surface area contributed by atoms with Gasteiger partial charge in [0.15, 0.2) is 6.61 Å². The van der Waals surface area contributed by atoms with Crippen LogP contribution in [-0.2, 0) is 22.5 Å². The van der Waals surface area contributed by atoms with E-state index in [-0.39, 0.29) is 6.61 Å². The van der Waals surface area contributed by atoms with Crippen LogP contribution in [0.2, 0.25) is 0 Å². The maximum Gasteiger partial charge on any atom is 0.410 e. The van der Waals surface area contributed by atoms with Crippen LogP contribution in [-0.4, -0.2) is 42.6 Å². The van der Waals surface area contributed by atoms with Crippen LogP contribution in [0.4, 0.5) is 9.80 Å². The molecule has 9 heteroatoms. The molecule has 0 radical (unpaired) electrons. The number of aryl methyl sites for hydroxylation is 1. The Morgan fingerprint density at radius 1 is 1.31 bits per heavy atom. The van der Waals surface area contributed by atoms with Crippen molar-refractivity contribution < 1.29 is 23.9 Å². The lowest BCUT2D eigenvalue weighted by atomic mass is 10.0. The van der Waals surface area contributed by atoms with Crippen LogP contribution >= 0.6 is 11.3 Å². The molecule has 154 valence electrons. The summed E-state index contributed by atoms with van der Waals surface area (Å²) in [5.74, 6) is -0.414. The lowest BCUT2D eigenvalue weighted by Gasteiger charge is -2.26. The molecule has 2 heterocycles. The number of nitrogens with two attached hydrogens (primary N) is 1. The van der Waals surface area contributed by atoms with E-state index in [9.17, 15) is 14.4 Å². The van der Waals surface area contributed by atoms with Gasteiger partial charge in [-0.05, 0) is 43.5 Å². The van der Waals surface area contributed by atoms with E-state index < -0.39 is 17.9 Å². The van der Waals surface area contributed by atoms with Crippen molar-refractivity contribution in [3.05, 3.63) is 45.8 Å². The number of nitrogens with zero attached hydrogens (tertiary/aromatic N) is 1. The van der Waals surface area contributed by atoms with Crippen LogP contribution in [0.5, 0.6) is 5.75 Å². The van der Waals surface area contributed by atoms with Crippen molar-refractivity contribution in [3.63, 3.8) is 0 Å². The minimum absolute atomic E-state index is 0.195. The third-order valence-corrected chi connectivity index (χ3v) is 5.57. The van der Waals surface area contributed by atoms with E-state index in [1.807, 2.05) is 25.1 Å². The molecule has 3 rings (SSSR count). The normalized spacial score (nSPS) is 12.8. The Labute approximate surface area is 172 Å². The molecule has 0 saturated heterocycles. The van der Waals surface area contributed by atoms with E-state index in [0.29, 0.717) is 42.4 Å². The number of fused-ring (bicyclic) bond motifs is 1. The molecule has 1 aliphatic heterocycles. The summed E-state index contributed by atoms with van der Waals surface area (Å²) in [5, 5.41) is 3.10. The summed E-state index contributed by atoms with van der Waals surface area (Å²) in [4.78, 5) is 38.7. The number of primary amides is 1. The first-order valence-corrected chi connectivity index (χ1v) is 10.1. The molecule has 0 spiro atoms. The van der Waals surface area contributed by atoms with Gasteiger partial charge in [-0.15, -0.1) is 11.3 Å². The third-order valence-electron chi connectivity index (χ3n) is 4.44. The first-order valence-electron chi connectivity index (χ1n) is 9.24. The highest BCUT2D eigenvalue weighted by Gasteiger charge is 2.30. The minimum atomic E-state index is -0.609. The summed E-state index contributed by atoms with van der Waals surface area (Å²) in [6.07, 6.45) is 0.0720. The van der Waals surface area contributed by atoms with E-state index >= 15 is 0 Å². The second-order valence-electron chi connectivity index (χ2n) is 6.60. The SMILES string of the molecule is CCOC(=O)N1CCc2c(sc(NC(=O)COc3cccc(C)c3)c2C(N)=O)C1. The second-order valence-corrected chi connectivity index (χ2v) is 7.70. The van der Waals surface area contributed by atoms with Crippen LogP contribution < -0.4 is 15.8 Å². The Balaban J connectivity index is 1.71. The zero-order chi connectivity index (χ0) is 21.0. The number of anilines is 1. The summed E-state index contributed by atoms with van der Waals surface area (Å²) in [6.45, 7) is 4.51. The highest BCUT2D eigenvalue weighted by molar-refractivity contribution is 7.17. The molecule has 1 aromatic carbocycles. The first-order chi connectivity index (χ1) is 13.9. The van der Waals surface area contributed by atoms with Crippen molar-refractivity contribution in [2.45, 2.75) is 26.8 Å². The van der Waals surface area contributed by atoms with Crippen LogP contribution in [0.1, 0.15) is 33.3 Å². The number of benzene rings is 1. The molecule has 3 N–H and O–H groups in total. The molecule has 29 heavy (non-hydrogen) atoms. The Hall–Kier alpha value is -3.07. The quantitative estimate of drug-likeness (QED) is 0.751. The number of carbonyl (C=O) groups is 3. The molecular formula is C20H23N3O5S. The van der Waals surface area contributed by atoms with Gasteiger partial charge < -0.3 is 25.4 Å². The zero-order valence-corrected chi connectivity index (χ0v) is 17.1. The van der Waals surface area contributed by atoms with E-state index in [0.717, 1.165) is 16.0 Å².